The molecule has 0 spiro atoms. The number of aryl methyl sites for hydroxylation is 1. The molecular weight excluding hydrogens is 284 g/mol. The highest BCUT2D eigenvalue weighted by Gasteiger charge is 2.30. The number of nitrogen functional groups attached to an aromatic ring is 1. The van der Waals surface area contributed by atoms with Crippen LogP contribution in [0.1, 0.15) is 45.6 Å². The molecule has 0 heterocycles. The molecule has 1 aromatic carbocycles. The van der Waals surface area contributed by atoms with Crippen LogP contribution in [0.3, 0.4) is 0 Å². The van der Waals surface area contributed by atoms with Gasteiger partial charge in [0.05, 0.1) is 4.90 Å². The van der Waals surface area contributed by atoms with Crippen LogP contribution in [0.4, 0.5) is 5.69 Å². The molecule has 3 unspecified atom stereocenters. The molecule has 1 fully saturated rings. The van der Waals surface area contributed by atoms with E-state index in [-0.39, 0.29) is 6.04 Å². The molecule has 0 bridgehead atoms. The maximum Gasteiger partial charge on any atom is 0.241 e. The summed E-state index contributed by atoms with van der Waals surface area (Å²) < 4.78 is 28.3. The van der Waals surface area contributed by atoms with Crippen molar-refractivity contribution in [1.82, 2.24) is 4.72 Å². The second-order valence-corrected chi connectivity index (χ2v) is 8.03. The van der Waals surface area contributed by atoms with Crippen LogP contribution in [0.25, 0.3) is 0 Å². The van der Waals surface area contributed by atoms with Crippen molar-refractivity contribution >= 4 is 15.7 Å². The van der Waals surface area contributed by atoms with Crippen LogP contribution in [0.2, 0.25) is 0 Å². The summed E-state index contributed by atoms with van der Waals surface area (Å²) in [6.45, 7) is 6.31. The summed E-state index contributed by atoms with van der Waals surface area (Å²) in [5.41, 5.74) is 7.06. The Morgan fingerprint density at radius 2 is 2.00 bits per heavy atom. The van der Waals surface area contributed by atoms with Gasteiger partial charge in [0.2, 0.25) is 10.0 Å². The molecule has 4 nitrogen and oxygen atoms in total. The molecule has 21 heavy (non-hydrogen) atoms. The normalized spacial score (nSPS) is 26.7. The number of sulfonamides is 1. The van der Waals surface area contributed by atoms with Crippen LogP contribution in [0.5, 0.6) is 0 Å². The van der Waals surface area contributed by atoms with Gasteiger partial charge in [-0.2, -0.15) is 0 Å². The van der Waals surface area contributed by atoms with Gasteiger partial charge in [0.15, 0.2) is 0 Å². The lowest BCUT2D eigenvalue weighted by Gasteiger charge is -2.33. The van der Waals surface area contributed by atoms with Crippen molar-refractivity contribution in [3.05, 3.63) is 23.8 Å². The summed E-state index contributed by atoms with van der Waals surface area (Å²) in [5, 5.41) is 0. The molecular formula is C16H26N2O2S. The van der Waals surface area contributed by atoms with Crippen molar-refractivity contribution in [1.29, 1.82) is 0 Å². The Bertz CT molecular complexity index is 598. The first-order valence-electron chi connectivity index (χ1n) is 7.74. The standard InChI is InChI=1S/C16H26N2O2S/c1-4-13-6-7-14(17)10-16(13)21(19,20)18-15-8-5-11(2)9-12(15)3/h6-7,10-12,15,18H,4-5,8-9,17H2,1-3H3. The fourth-order valence-electron chi connectivity index (χ4n) is 3.22. The Hall–Kier alpha value is -1.07. The quantitative estimate of drug-likeness (QED) is 0.840. The van der Waals surface area contributed by atoms with Gasteiger partial charge in [-0.05, 0) is 55.2 Å². The van der Waals surface area contributed by atoms with Gasteiger partial charge in [-0.1, -0.05) is 26.8 Å². The number of hydrogen-bond acceptors (Lipinski definition) is 3. The molecule has 0 aliphatic heterocycles. The topological polar surface area (TPSA) is 72.2 Å². The third kappa shape index (κ3) is 3.77. The van der Waals surface area contributed by atoms with Crippen LogP contribution in [0, 0.1) is 11.8 Å². The zero-order chi connectivity index (χ0) is 15.6. The lowest BCUT2D eigenvalue weighted by Crippen LogP contribution is -2.42. The second-order valence-electron chi connectivity index (χ2n) is 6.34. The van der Waals surface area contributed by atoms with Gasteiger partial charge in [-0.25, -0.2) is 13.1 Å². The van der Waals surface area contributed by atoms with E-state index in [1.54, 1.807) is 18.2 Å². The summed E-state index contributed by atoms with van der Waals surface area (Å²) >= 11 is 0. The van der Waals surface area contributed by atoms with Crippen molar-refractivity contribution in [2.75, 3.05) is 5.73 Å². The number of hydrogen-bond donors (Lipinski definition) is 2. The van der Waals surface area contributed by atoms with E-state index in [4.69, 9.17) is 5.73 Å². The molecule has 3 atom stereocenters. The van der Waals surface area contributed by atoms with Gasteiger partial charge < -0.3 is 5.73 Å². The predicted octanol–water partition coefficient (Wildman–Crippen LogP) is 2.93. The van der Waals surface area contributed by atoms with E-state index >= 15 is 0 Å². The van der Waals surface area contributed by atoms with E-state index in [1.165, 1.54) is 0 Å². The SMILES string of the molecule is CCc1ccc(N)cc1S(=O)(=O)NC1CCC(C)CC1C. The monoisotopic (exact) mass is 310 g/mol. The number of benzene rings is 1. The molecule has 118 valence electrons. The first-order valence-corrected chi connectivity index (χ1v) is 9.22. The molecule has 1 aromatic rings. The minimum Gasteiger partial charge on any atom is -0.399 e. The van der Waals surface area contributed by atoms with Gasteiger partial charge in [0.25, 0.3) is 0 Å². The van der Waals surface area contributed by atoms with Crippen LogP contribution in [0.15, 0.2) is 23.1 Å². The molecule has 0 radical (unpaired) electrons. The summed E-state index contributed by atoms with van der Waals surface area (Å²) in [5.74, 6) is 1.05. The van der Waals surface area contributed by atoms with Crippen LogP contribution in [-0.4, -0.2) is 14.5 Å². The maximum atomic E-state index is 12.7. The molecule has 0 saturated heterocycles. The predicted molar refractivity (Wildman–Crippen MR) is 86.5 cm³/mol. The lowest BCUT2D eigenvalue weighted by molar-refractivity contribution is 0.249. The first kappa shape index (κ1) is 16.3. The van der Waals surface area contributed by atoms with Gasteiger partial charge in [0.1, 0.15) is 0 Å². The number of nitrogens with two attached hydrogens (primary N) is 1. The van der Waals surface area contributed by atoms with E-state index in [9.17, 15) is 8.42 Å². The number of nitrogens with one attached hydrogen (secondary N) is 1. The highest BCUT2D eigenvalue weighted by atomic mass is 32.2. The molecule has 1 aliphatic rings. The molecule has 5 heteroatoms. The van der Waals surface area contributed by atoms with Gasteiger partial charge in [-0.3, -0.25) is 0 Å². The third-order valence-corrected chi connectivity index (χ3v) is 6.07. The highest BCUT2D eigenvalue weighted by Crippen LogP contribution is 2.30. The molecule has 3 N–H and O–H groups in total. The summed E-state index contributed by atoms with van der Waals surface area (Å²) in [4.78, 5) is 0.329. The fraction of sp³-hybridized carbons (Fsp3) is 0.625. The zero-order valence-electron chi connectivity index (χ0n) is 13.1. The Morgan fingerprint density at radius 3 is 2.62 bits per heavy atom. The smallest absolute Gasteiger partial charge is 0.241 e. The van der Waals surface area contributed by atoms with E-state index in [2.05, 4.69) is 18.6 Å². The van der Waals surface area contributed by atoms with Crippen molar-refractivity contribution in [2.24, 2.45) is 11.8 Å². The van der Waals surface area contributed by atoms with Crippen molar-refractivity contribution < 1.29 is 8.42 Å². The maximum absolute atomic E-state index is 12.7. The molecule has 1 aliphatic carbocycles. The van der Waals surface area contributed by atoms with Crippen molar-refractivity contribution in [2.45, 2.75) is 57.4 Å². The Balaban J connectivity index is 2.24. The Labute approximate surface area is 128 Å². The van der Waals surface area contributed by atoms with Crippen molar-refractivity contribution in [3.63, 3.8) is 0 Å². The van der Waals surface area contributed by atoms with Gasteiger partial charge in [-0.15, -0.1) is 0 Å². The first-order chi connectivity index (χ1) is 9.83. The molecule has 0 aromatic heterocycles. The average Bonchev–Trinajstić information content (AvgIpc) is 2.42. The number of rotatable bonds is 4. The molecule has 1 saturated carbocycles. The van der Waals surface area contributed by atoms with Gasteiger partial charge >= 0.3 is 0 Å². The largest absolute Gasteiger partial charge is 0.399 e. The fourth-order valence-corrected chi connectivity index (χ4v) is 4.94. The average molecular weight is 310 g/mol. The number of anilines is 1. The van der Waals surface area contributed by atoms with Crippen LogP contribution in [-0.2, 0) is 16.4 Å². The molecule has 0 amide bonds. The Morgan fingerprint density at radius 1 is 1.29 bits per heavy atom. The summed E-state index contributed by atoms with van der Waals surface area (Å²) in [7, 11) is -3.51. The van der Waals surface area contributed by atoms with Crippen LogP contribution < -0.4 is 10.5 Å². The Kier molecular flexibility index (Phi) is 4.94. The minimum atomic E-state index is -3.51. The highest BCUT2D eigenvalue weighted by molar-refractivity contribution is 7.89. The van der Waals surface area contributed by atoms with Crippen LogP contribution >= 0.6 is 0 Å². The van der Waals surface area contributed by atoms with E-state index in [0.717, 1.165) is 24.8 Å². The zero-order valence-corrected chi connectivity index (χ0v) is 13.9. The summed E-state index contributed by atoms with van der Waals surface area (Å²) in [6, 6.07) is 5.15. The van der Waals surface area contributed by atoms with Gasteiger partial charge in [0, 0.05) is 11.7 Å². The van der Waals surface area contributed by atoms with Crippen molar-refractivity contribution in [3.8, 4) is 0 Å². The van der Waals surface area contributed by atoms with E-state index in [0.29, 0.717) is 28.8 Å². The molecule has 2 rings (SSSR count). The third-order valence-electron chi connectivity index (χ3n) is 4.50. The summed E-state index contributed by atoms with van der Waals surface area (Å²) in [6.07, 6.45) is 3.74. The van der Waals surface area contributed by atoms with E-state index in [1.807, 2.05) is 6.92 Å². The second kappa shape index (κ2) is 6.36. The minimum absolute atomic E-state index is 0.0253. The van der Waals surface area contributed by atoms with E-state index < -0.39 is 10.0 Å². The lowest BCUT2D eigenvalue weighted by atomic mass is 9.80.